The molecule has 4 rings (SSSR count). The number of nitrogens with zero attached hydrogens (tertiary/aromatic N) is 2. The van der Waals surface area contributed by atoms with E-state index in [0.29, 0.717) is 14.0 Å². The predicted molar refractivity (Wildman–Crippen MR) is 160 cm³/mol. The van der Waals surface area contributed by atoms with E-state index in [2.05, 4.69) is 63.7 Å². The lowest BCUT2D eigenvalue weighted by Gasteiger charge is -2.36. The van der Waals surface area contributed by atoms with Gasteiger partial charge in [0.2, 0.25) is 0 Å². The van der Waals surface area contributed by atoms with Gasteiger partial charge >= 0.3 is 0 Å². The third-order valence-corrected chi connectivity index (χ3v) is 11.5. The SMILES string of the molecule is O=C(c1ccc(F)cc1)[C@H](CCCl)N(C(=O)c1ccc(Cl)c(Cl)c1)N1C(=O)c2c(Br)c(Br)c(Br)c(Br)c2C1=O. The van der Waals surface area contributed by atoms with E-state index in [-0.39, 0.29) is 53.5 Å². The Labute approximate surface area is 270 Å². The smallest absolute Gasteiger partial charge is 0.282 e. The molecule has 6 nitrogen and oxygen atoms in total. The molecule has 0 spiro atoms. The van der Waals surface area contributed by atoms with Crippen molar-refractivity contribution in [2.24, 2.45) is 0 Å². The van der Waals surface area contributed by atoms with Gasteiger partial charge in [0.25, 0.3) is 17.7 Å². The maximum absolute atomic E-state index is 14.0. The monoisotopic (exact) mass is 844 g/mol. The zero-order valence-electron chi connectivity index (χ0n) is 19.1. The quantitative estimate of drug-likeness (QED) is 0.0785. The van der Waals surface area contributed by atoms with Crippen LogP contribution in [0.4, 0.5) is 4.39 Å². The Morgan fingerprint density at radius 3 is 1.82 bits per heavy atom. The van der Waals surface area contributed by atoms with Gasteiger partial charge < -0.3 is 0 Å². The standard InChI is InChI=1S/C25H12Br4Cl3FN2O4/c26-18-16-17(19(27)21(29)20(18)28)25(39)35(24(16)38)34(23(37)11-3-6-13(31)14(32)9-11)15(7-8-30)22(36)10-1-4-12(33)5-2-10/h1-6,9,15H,7-8H2/t15-/m0/s1. The summed E-state index contributed by atoms with van der Waals surface area (Å²) >= 11 is 31.6. The van der Waals surface area contributed by atoms with Gasteiger partial charge in [-0.1, -0.05) is 23.2 Å². The van der Waals surface area contributed by atoms with Crippen molar-refractivity contribution in [1.82, 2.24) is 10.0 Å². The van der Waals surface area contributed by atoms with Crippen LogP contribution in [0, 0.1) is 5.82 Å². The van der Waals surface area contributed by atoms with Gasteiger partial charge in [0.1, 0.15) is 11.9 Å². The first kappa shape index (κ1) is 30.6. The second kappa shape index (κ2) is 12.3. The van der Waals surface area contributed by atoms with Gasteiger partial charge in [0.15, 0.2) is 5.78 Å². The Bertz CT molecular complexity index is 1510. The van der Waals surface area contributed by atoms with Crippen molar-refractivity contribution in [3.8, 4) is 0 Å². The first-order valence-corrected chi connectivity index (χ1v) is 15.3. The highest BCUT2D eigenvalue weighted by atomic mass is 79.9. The minimum Gasteiger partial charge on any atom is -0.292 e. The lowest BCUT2D eigenvalue weighted by atomic mass is 10.0. The zero-order chi connectivity index (χ0) is 28.8. The van der Waals surface area contributed by atoms with Crippen LogP contribution in [0.3, 0.4) is 0 Å². The molecule has 1 heterocycles. The summed E-state index contributed by atoms with van der Waals surface area (Å²) in [5.74, 6) is -3.97. The third-order valence-electron chi connectivity index (χ3n) is 5.78. The molecule has 0 fully saturated rings. The van der Waals surface area contributed by atoms with E-state index < -0.39 is 35.4 Å². The first-order valence-electron chi connectivity index (χ1n) is 10.8. The molecule has 0 aliphatic carbocycles. The van der Waals surface area contributed by atoms with E-state index in [1.54, 1.807) is 0 Å². The lowest BCUT2D eigenvalue weighted by Crippen LogP contribution is -2.57. The number of carbonyl (C=O) groups is 4. The van der Waals surface area contributed by atoms with E-state index in [4.69, 9.17) is 34.8 Å². The molecule has 0 saturated heterocycles. The largest absolute Gasteiger partial charge is 0.292 e. The number of ketones is 1. The molecule has 1 aliphatic heterocycles. The molecular weight excluding hydrogens is 837 g/mol. The molecule has 1 aliphatic rings. The molecule has 3 aromatic rings. The average molecular weight is 849 g/mol. The van der Waals surface area contributed by atoms with Crippen LogP contribution in [0.1, 0.15) is 47.9 Å². The number of halogens is 8. The van der Waals surface area contributed by atoms with Gasteiger partial charge in [-0.05, 0) is 113 Å². The van der Waals surface area contributed by atoms with Crippen LogP contribution in [-0.4, -0.2) is 45.4 Å². The summed E-state index contributed by atoms with van der Waals surface area (Å²) in [6, 6.07) is 7.20. The topological polar surface area (TPSA) is 74.8 Å². The van der Waals surface area contributed by atoms with Crippen LogP contribution in [0.5, 0.6) is 0 Å². The molecule has 1 atom stereocenters. The maximum Gasteiger partial charge on any atom is 0.282 e. The predicted octanol–water partition coefficient (Wildman–Crippen LogP) is 8.72. The number of benzene rings is 3. The second-order valence-electron chi connectivity index (χ2n) is 8.07. The highest BCUT2D eigenvalue weighted by Gasteiger charge is 2.48. The molecule has 0 saturated carbocycles. The van der Waals surface area contributed by atoms with Crippen LogP contribution < -0.4 is 0 Å². The summed E-state index contributed by atoms with van der Waals surface area (Å²) in [6.07, 6.45) is -0.145. The number of alkyl halides is 1. The van der Waals surface area contributed by atoms with Gasteiger partial charge in [-0.25, -0.2) is 9.40 Å². The Kier molecular flexibility index (Phi) is 9.63. The molecule has 3 amide bonds. The van der Waals surface area contributed by atoms with E-state index >= 15 is 0 Å². The molecule has 0 radical (unpaired) electrons. The van der Waals surface area contributed by atoms with Crippen LogP contribution in [0.2, 0.25) is 10.0 Å². The molecule has 202 valence electrons. The lowest BCUT2D eigenvalue weighted by molar-refractivity contribution is -0.00965. The fourth-order valence-corrected chi connectivity index (χ4v) is 6.90. The van der Waals surface area contributed by atoms with Crippen molar-refractivity contribution < 1.29 is 23.6 Å². The number of rotatable bonds is 7. The molecular formula is C25H12Br4Cl3FN2O4. The minimum atomic E-state index is -1.43. The number of carbonyl (C=O) groups excluding carboxylic acids is 4. The average Bonchev–Trinajstić information content (AvgIpc) is 3.17. The van der Waals surface area contributed by atoms with Crippen molar-refractivity contribution >= 4 is 122 Å². The third kappa shape index (κ3) is 5.60. The zero-order valence-corrected chi connectivity index (χ0v) is 27.7. The number of hydrogen-bond donors (Lipinski definition) is 0. The highest BCUT2D eigenvalue weighted by molar-refractivity contribution is 9.15. The molecule has 3 aromatic carbocycles. The molecule has 0 unspecified atom stereocenters. The van der Waals surface area contributed by atoms with Crippen LogP contribution >= 0.6 is 98.5 Å². The number of Topliss-reactive ketones (excluding diaryl/α,β-unsaturated/α-hetero) is 1. The number of hydrogen-bond acceptors (Lipinski definition) is 4. The van der Waals surface area contributed by atoms with Crippen LogP contribution in [0.15, 0.2) is 60.4 Å². The Morgan fingerprint density at radius 1 is 0.821 bits per heavy atom. The minimum absolute atomic E-state index is 0.0345. The van der Waals surface area contributed by atoms with E-state index in [9.17, 15) is 23.6 Å². The summed E-state index contributed by atoms with van der Waals surface area (Å²) in [5.41, 5.74) is -0.0728. The van der Waals surface area contributed by atoms with E-state index in [1.165, 1.54) is 30.3 Å². The fourth-order valence-electron chi connectivity index (χ4n) is 3.94. The summed E-state index contributed by atoms with van der Waals surface area (Å²) in [5, 5.41) is 1.60. The molecule has 0 bridgehead atoms. The van der Waals surface area contributed by atoms with Crippen LogP contribution in [-0.2, 0) is 0 Å². The molecule has 14 heteroatoms. The van der Waals surface area contributed by atoms with Crippen molar-refractivity contribution in [1.29, 1.82) is 0 Å². The Morgan fingerprint density at radius 2 is 1.33 bits per heavy atom. The van der Waals surface area contributed by atoms with Crippen molar-refractivity contribution in [2.75, 3.05) is 5.88 Å². The van der Waals surface area contributed by atoms with E-state index in [0.717, 1.165) is 17.1 Å². The number of imide groups is 1. The van der Waals surface area contributed by atoms with Crippen molar-refractivity contribution in [3.63, 3.8) is 0 Å². The summed E-state index contributed by atoms with van der Waals surface area (Å²) < 4.78 is 15.0. The van der Waals surface area contributed by atoms with Gasteiger partial charge in [-0.15, -0.1) is 11.6 Å². The van der Waals surface area contributed by atoms with Gasteiger partial charge in [-0.3, -0.25) is 19.2 Å². The van der Waals surface area contributed by atoms with Crippen LogP contribution in [0.25, 0.3) is 0 Å². The number of amides is 3. The van der Waals surface area contributed by atoms with Gasteiger partial charge in [-0.2, -0.15) is 5.01 Å². The second-order valence-corrected chi connectivity index (χ2v) is 12.4. The van der Waals surface area contributed by atoms with Gasteiger partial charge in [0, 0.05) is 34.9 Å². The molecule has 0 N–H and O–H groups in total. The Hall–Kier alpha value is -1.34. The van der Waals surface area contributed by atoms with Crippen molar-refractivity contribution in [3.05, 3.63) is 98.5 Å². The summed E-state index contributed by atoms with van der Waals surface area (Å²) in [7, 11) is 0. The Balaban J connectivity index is 1.93. The summed E-state index contributed by atoms with van der Waals surface area (Å²) in [4.78, 5) is 55.4. The number of hydrazine groups is 1. The first-order chi connectivity index (χ1) is 18.4. The fraction of sp³-hybridized carbons (Fsp3) is 0.120. The van der Waals surface area contributed by atoms with E-state index in [1.807, 2.05) is 0 Å². The molecule has 39 heavy (non-hydrogen) atoms. The maximum atomic E-state index is 14.0. The highest BCUT2D eigenvalue weighted by Crippen LogP contribution is 2.46. The van der Waals surface area contributed by atoms with Crippen molar-refractivity contribution in [2.45, 2.75) is 12.5 Å². The summed E-state index contributed by atoms with van der Waals surface area (Å²) in [6.45, 7) is 0. The number of fused-ring (bicyclic) bond motifs is 1. The molecule has 0 aromatic heterocycles. The van der Waals surface area contributed by atoms with Gasteiger partial charge in [0.05, 0.1) is 21.2 Å². The normalized spacial score (nSPS) is 13.5.